The van der Waals surface area contributed by atoms with Gasteiger partial charge in [-0.2, -0.15) is 0 Å². The Balaban J connectivity index is -0.000000807. The van der Waals surface area contributed by atoms with Crippen LogP contribution in [0.5, 0.6) is 0 Å². The maximum atomic E-state index is 2.44. The predicted molar refractivity (Wildman–Crippen MR) is 121 cm³/mol. The summed E-state index contributed by atoms with van der Waals surface area (Å²) in [4.78, 5) is 0. The molecule has 1 spiro atoms. The molecule has 0 nitrogen and oxygen atoms in total. The van der Waals surface area contributed by atoms with Crippen molar-refractivity contribution in [2.24, 2.45) is 5.41 Å². The summed E-state index contributed by atoms with van der Waals surface area (Å²) in [5.74, 6) is 0. The molecule has 2 aromatic carbocycles. The van der Waals surface area contributed by atoms with Gasteiger partial charge in [-0.15, -0.1) is 0 Å². The topological polar surface area (TPSA) is 0 Å². The minimum absolute atomic E-state index is 0. The van der Waals surface area contributed by atoms with Crippen LogP contribution in [-0.4, -0.2) is 0 Å². The van der Waals surface area contributed by atoms with Crippen molar-refractivity contribution in [3.8, 4) is 11.1 Å². The molecule has 25 heavy (non-hydrogen) atoms. The Morgan fingerprint density at radius 1 is 0.600 bits per heavy atom. The average Bonchev–Trinajstić information content (AvgIpc) is 2.89. The highest BCUT2D eigenvalue weighted by molar-refractivity contribution is 5.82. The quantitative estimate of drug-likeness (QED) is 0.420. The van der Waals surface area contributed by atoms with Crippen molar-refractivity contribution >= 4 is 0 Å². The van der Waals surface area contributed by atoms with Gasteiger partial charge in [0.1, 0.15) is 0 Å². The molecule has 0 atom stereocenters. The lowest BCUT2D eigenvalue weighted by atomic mass is 9.73. The van der Waals surface area contributed by atoms with Gasteiger partial charge in [-0.3, -0.25) is 0 Å². The van der Waals surface area contributed by atoms with E-state index in [1.54, 1.807) is 0 Å². The molecule has 0 bridgehead atoms. The minimum atomic E-state index is 0. The van der Waals surface area contributed by atoms with Crippen molar-refractivity contribution in [3.63, 3.8) is 0 Å². The molecule has 0 radical (unpaired) electrons. The van der Waals surface area contributed by atoms with Gasteiger partial charge in [-0.25, -0.2) is 0 Å². The molecule has 0 aliphatic heterocycles. The number of allylic oxidation sites excluding steroid dienone is 2. The first-order valence-corrected chi connectivity index (χ1v) is 7.02. The van der Waals surface area contributed by atoms with Crippen molar-refractivity contribution in [2.75, 3.05) is 0 Å². The van der Waals surface area contributed by atoms with Crippen LogP contribution >= 0.6 is 0 Å². The molecule has 0 heterocycles. The van der Waals surface area contributed by atoms with E-state index in [4.69, 9.17) is 0 Å². The summed E-state index contributed by atoms with van der Waals surface area (Å²) in [6.45, 7) is 4.67. The molecule has 0 unspecified atom stereocenters. The van der Waals surface area contributed by atoms with Crippen molar-refractivity contribution < 1.29 is 0 Å². The lowest BCUT2D eigenvalue weighted by Crippen LogP contribution is -2.23. The lowest BCUT2D eigenvalue weighted by Gasteiger charge is -2.29. The SMILES string of the molecule is C.C.C.C.C.C.CC1(C)C=CC2(C1)c1ccccc1-c1ccccc12. The fraction of sp³-hybridized carbons (Fsp3) is 0.440. The van der Waals surface area contributed by atoms with Gasteiger partial charge < -0.3 is 0 Å². The molecule has 0 saturated carbocycles. The van der Waals surface area contributed by atoms with Crippen molar-refractivity contribution in [3.05, 3.63) is 71.8 Å². The number of hydrogen-bond donors (Lipinski definition) is 0. The van der Waals surface area contributed by atoms with E-state index in [9.17, 15) is 0 Å². The molecule has 2 aliphatic rings. The van der Waals surface area contributed by atoms with Crippen LogP contribution in [0, 0.1) is 5.41 Å². The van der Waals surface area contributed by atoms with E-state index in [0.717, 1.165) is 0 Å². The van der Waals surface area contributed by atoms with Crippen LogP contribution in [0.2, 0.25) is 0 Å². The summed E-state index contributed by atoms with van der Waals surface area (Å²) >= 11 is 0. The van der Waals surface area contributed by atoms with E-state index in [1.807, 2.05) is 0 Å². The molecule has 0 heteroatoms. The third-order valence-electron chi connectivity index (χ3n) is 4.66. The van der Waals surface area contributed by atoms with Crippen LogP contribution < -0.4 is 0 Å². The zero-order chi connectivity index (χ0) is 13.1. The summed E-state index contributed by atoms with van der Waals surface area (Å²) < 4.78 is 0. The Morgan fingerprint density at radius 2 is 1.00 bits per heavy atom. The molecule has 0 amide bonds. The molecule has 0 N–H and O–H groups in total. The Hall–Kier alpha value is -1.82. The fourth-order valence-electron chi connectivity index (χ4n) is 3.93. The zero-order valence-electron chi connectivity index (χ0n) is 11.5. The maximum absolute atomic E-state index is 2.44. The van der Waals surface area contributed by atoms with Crippen molar-refractivity contribution in [2.45, 2.75) is 70.2 Å². The monoisotopic (exact) mass is 342 g/mol. The Bertz CT molecular complexity index is 643. The molecule has 0 fully saturated rings. The van der Waals surface area contributed by atoms with E-state index in [-0.39, 0.29) is 55.4 Å². The second kappa shape index (κ2) is 9.04. The van der Waals surface area contributed by atoms with Crippen molar-refractivity contribution in [1.82, 2.24) is 0 Å². The van der Waals surface area contributed by atoms with Crippen LogP contribution in [0.1, 0.15) is 76.0 Å². The maximum Gasteiger partial charge on any atom is 0.0402 e. The van der Waals surface area contributed by atoms with Crippen LogP contribution in [0.25, 0.3) is 11.1 Å². The third-order valence-corrected chi connectivity index (χ3v) is 4.66. The van der Waals surface area contributed by atoms with E-state index in [2.05, 4.69) is 74.5 Å². The highest BCUT2D eigenvalue weighted by atomic mass is 14.5. The summed E-state index contributed by atoms with van der Waals surface area (Å²) in [5.41, 5.74) is 6.19. The van der Waals surface area contributed by atoms with Crippen LogP contribution in [-0.2, 0) is 5.41 Å². The molecule has 0 aromatic heterocycles. The number of rotatable bonds is 0. The number of fused-ring (bicyclic) bond motifs is 5. The summed E-state index contributed by atoms with van der Waals surface area (Å²) in [6, 6.07) is 17.8. The van der Waals surface area contributed by atoms with Crippen LogP contribution in [0.4, 0.5) is 0 Å². The van der Waals surface area contributed by atoms with Gasteiger partial charge in [0, 0.05) is 5.41 Å². The summed E-state index contributed by atoms with van der Waals surface area (Å²) in [6.07, 6.45) is 6.01. The largest absolute Gasteiger partial charge is 0.0816 e. The Labute approximate surface area is 159 Å². The fourth-order valence-corrected chi connectivity index (χ4v) is 3.93. The molecule has 0 saturated heterocycles. The molecule has 4 rings (SSSR count). The minimum Gasteiger partial charge on any atom is -0.0816 e. The van der Waals surface area contributed by atoms with Gasteiger partial charge in [-0.1, -0.05) is 119 Å². The van der Waals surface area contributed by atoms with E-state index >= 15 is 0 Å². The van der Waals surface area contributed by atoms with Gasteiger partial charge in [0.2, 0.25) is 0 Å². The van der Waals surface area contributed by atoms with E-state index in [0.29, 0.717) is 0 Å². The van der Waals surface area contributed by atoms with Gasteiger partial charge >= 0.3 is 0 Å². The lowest BCUT2D eigenvalue weighted by molar-refractivity contribution is 0.406. The van der Waals surface area contributed by atoms with E-state index < -0.39 is 0 Å². The molecular formula is C25H42. The molecule has 2 aliphatic carbocycles. The second-order valence-electron chi connectivity index (χ2n) is 6.56. The van der Waals surface area contributed by atoms with Crippen LogP contribution in [0.15, 0.2) is 60.7 Å². The first-order valence-electron chi connectivity index (χ1n) is 7.02. The highest BCUT2D eigenvalue weighted by Crippen LogP contribution is 2.57. The molecule has 142 valence electrons. The summed E-state index contributed by atoms with van der Waals surface area (Å²) in [7, 11) is 0. The predicted octanol–water partition coefficient (Wildman–Crippen LogP) is 8.76. The van der Waals surface area contributed by atoms with E-state index in [1.165, 1.54) is 28.7 Å². The standard InChI is InChI=1S/C19H18.6CH4/c1-18(2)11-12-19(13-18)16-9-5-3-7-14(16)15-8-4-6-10-17(15)19;;;;;;/h3-12H,13H2,1-2H3;6*1H4. The smallest absolute Gasteiger partial charge is 0.0402 e. The average molecular weight is 343 g/mol. The van der Waals surface area contributed by atoms with Gasteiger partial charge in [0.25, 0.3) is 0 Å². The first-order chi connectivity index (χ1) is 9.12. The van der Waals surface area contributed by atoms with Crippen LogP contribution in [0.3, 0.4) is 0 Å². The highest BCUT2D eigenvalue weighted by Gasteiger charge is 2.46. The van der Waals surface area contributed by atoms with Gasteiger partial charge in [-0.05, 0) is 34.1 Å². The molecular weight excluding hydrogens is 300 g/mol. The molecule has 2 aromatic rings. The third kappa shape index (κ3) is 3.73. The van der Waals surface area contributed by atoms with Gasteiger partial charge in [0.15, 0.2) is 0 Å². The van der Waals surface area contributed by atoms with Crippen molar-refractivity contribution in [1.29, 1.82) is 0 Å². The first kappa shape index (κ1) is 28.0. The normalized spacial score (nSPS) is 15.6. The Morgan fingerprint density at radius 3 is 1.36 bits per heavy atom. The summed E-state index contributed by atoms with van der Waals surface area (Å²) in [5, 5.41) is 0. The Kier molecular flexibility index (Phi) is 10.1. The second-order valence-corrected chi connectivity index (χ2v) is 6.56. The number of benzene rings is 2. The zero-order valence-corrected chi connectivity index (χ0v) is 11.5. The van der Waals surface area contributed by atoms with Gasteiger partial charge in [0.05, 0.1) is 0 Å². The number of hydrogen-bond acceptors (Lipinski definition) is 0.